The predicted molar refractivity (Wildman–Crippen MR) is 146 cm³/mol. The maximum Gasteiger partial charge on any atom is 0.146 e. The molecule has 0 amide bonds. The lowest BCUT2D eigenvalue weighted by Crippen LogP contribution is -2.06. The third kappa shape index (κ3) is 6.78. The minimum Gasteiger partial charge on any atom is -0.496 e. The standard InChI is InChI=1S/C30H36F2N2O2/c1-19(2)11-13-33-27-9-7-21(15-25(27)31)23-17-30(36-6)24(18-29(23)35-5)22-8-10-28(26(32)16-22)34-14-12-20(3)4/h7-11,15-18,20,33-34H,12-14H2,1-6H3. The average molecular weight is 495 g/mol. The van der Waals surface area contributed by atoms with Crippen LogP contribution in [0.4, 0.5) is 20.2 Å². The number of hydrogen-bond acceptors (Lipinski definition) is 4. The number of anilines is 2. The molecule has 0 saturated heterocycles. The van der Waals surface area contributed by atoms with Gasteiger partial charge >= 0.3 is 0 Å². The number of methoxy groups -OCH3 is 2. The SMILES string of the molecule is COc1cc(-c2ccc(NCCC(C)C)c(F)c2)c(OC)cc1-c1ccc(NCC=C(C)C)c(F)c1. The third-order valence-corrected chi connectivity index (χ3v) is 5.92. The van der Waals surface area contributed by atoms with Crippen LogP contribution >= 0.6 is 0 Å². The van der Waals surface area contributed by atoms with Crippen molar-refractivity contribution in [1.82, 2.24) is 0 Å². The van der Waals surface area contributed by atoms with Gasteiger partial charge in [-0.1, -0.05) is 37.6 Å². The molecule has 0 aliphatic rings. The van der Waals surface area contributed by atoms with Gasteiger partial charge in [-0.25, -0.2) is 8.78 Å². The summed E-state index contributed by atoms with van der Waals surface area (Å²) < 4.78 is 41.0. The van der Waals surface area contributed by atoms with Gasteiger partial charge in [0.25, 0.3) is 0 Å². The molecule has 36 heavy (non-hydrogen) atoms. The Hall–Kier alpha value is -3.54. The first-order chi connectivity index (χ1) is 17.2. The van der Waals surface area contributed by atoms with Crippen LogP contribution in [0.3, 0.4) is 0 Å². The molecule has 0 radical (unpaired) electrons. The van der Waals surface area contributed by atoms with E-state index in [2.05, 4.69) is 24.5 Å². The summed E-state index contributed by atoms with van der Waals surface area (Å²) in [7, 11) is 3.12. The second-order valence-corrected chi connectivity index (χ2v) is 9.41. The van der Waals surface area contributed by atoms with Gasteiger partial charge in [-0.05, 0) is 73.7 Å². The van der Waals surface area contributed by atoms with E-state index >= 15 is 0 Å². The summed E-state index contributed by atoms with van der Waals surface area (Å²) >= 11 is 0. The molecule has 3 rings (SSSR count). The third-order valence-electron chi connectivity index (χ3n) is 5.92. The molecule has 0 unspecified atom stereocenters. The highest BCUT2D eigenvalue weighted by Crippen LogP contribution is 2.42. The van der Waals surface area contributed by atoms with Gasteiger partial charge in [0.05, 0.1) is 25.6 Å². The Kier molecular flexibility index (Phi) is 9.34. The zero-order valence-corrected chi connectivity index (χ0v) is 22.0. The summed E-state index contributed by atoms with van der Waals surface area (Å²) in [5, 5.41) is 6.24. The smallest absolute Gasteiger partial charge is 0.146 e. The number of ether oxygens (including phenoxy) is 2. The van der Waals surface area contributed by atoms with E-state index in [-0.39, 0.29) is 11.6 Å². The number of rotatable bonds is 11. The Morgan fingerprint density at radius 1 is 0.806 bits per heavy atom. The molecule has 0 aliphatic carbocycles. The van der Waals surface area contributed by atoms with Crippen LogP contribution in [0.2, 0.25) is 0 Å². The maximum atomic E-state index is 14.9. The van der Waals surface area contributed by atoms with Crippen LogP contribution in [0.5, 0.6) is 11.5 Å². The molecule has 0 heterocycles. The molecule has 0 bridgehead atoms. The van der Waals surface area contributed by atoms with Crippen LogP contribution in [0.25, 0.3) is 22.3 Å². The van der Waals surface area contributed by atoms with Crippen LogP contribution in [-0.2, 0) is 0 Å². The van der Waals surface area contributed by atoms with Gasteiger partial charge in [-0.2, -0.15) is 0 Å². The average Bonchev–Trinajstić information content (AvgIpc) is 2.84. The summed E-state index contributed by atoms with van der Waals surface area (Å²) in [6.07, 6.45) is 2.96. The molecule has 0 aromatic heterocycles. The van der Waals surface area contributed by atoms with E-state index in [0.29, 0.717) is 64.1 Å². The van der Waals surface area contributed by atoms with E-state index in [4.69, 9.17) is 9.47 Å². The van der Waals surface area contributed by atoms with Gasteiger partial charge in [-0.3, -0.25) is 0 Å². The molecule has 3 aromatic rings. The fourth-order valence-corrected chi connectivity index (χ4v) is 3.86. The van der Waals surface area contributed by atoms with Crippen LogP contribution in [0.1, 0.15) is 34.1 Å². The topological polar surface area (TPSA) is 42.5 Å². The summed E-state index contributed by atoms with van der Waals surface area (Å²) in [4.78, 5) is 0. The van der Waals surface area contributed by atoms with Crippen molar-refractivity contribution in [2.45, 2.75) is 34.1 Å². The molecule has 3 aromatic carbocycles. The zero-order valence-electron chi connectivity index (χ0n) is 22.0. The van der Waals surface area contributed by atoms with Crippen molar-refractivity contribution in [2.24, 2.45) is 5.92 Å². The molecular weight excluding hydrogens is 458 g/mol. The quantitative estimate of drug-likeness (QED) is 0.264. The van der Waals surface area contributed by atoms with Crippen LogP contribution < -0.4 is 20.1 Å². The van der Waals surface area contributed by atoms with Gasteiger partial charge < -0.3 is 20.1 Å². The fourth-order valence-electron chi connectivity index (χ4n) is 3.86. The van der Waals surface area contributed by atoms with E-state index < -0.39 is 0 Å². The van der Waals surface area contributed by atoms with Crippen molar-refractivity contribution in [1.29, 1.82) is 0 Å². The first kappa shape index (κ1) is 27.1. The number of nitrogens with one attached hydrogen (secondary N) is 2. The number of benzene rings is 3. The Bertz CT molecular complexity index is 1220. The Labute approximate surface area is 213 Å². The first-order valence-electron chi connectivity index (χ1n) is 12.2. The molecule has 4 nitrogen and oxygen atoms in total. The van der Waals surface area contributed by atoms with Gasteiger partial charge in [0.2, 0.25) is 0 Å². The lowest BCUT2D eigenvalue weighted by Gasteiger charge is -2.17. The molecule has 0 atom stereocenters. The monoisotopic (exact) mass is 494 g/mol. The van der Waals surface area contributed by atoms with Crippen molar-refractivity contribution >= 4 is 11.4 Å². The minimum absolute atomic E-state index is 0.334. The van der Waals surface area contributed by atoms with Crippen LogP contribution in [-0.4, -0.2) is 27.3 Å². The van der Waals surface area contributed by atoms with Crippen molar-refractivity contribution in [3.8, 4) is 33.8 Å². The van der Waals surface area contributed by atoms with Gasteiger partial charge in [0.1, 0.15) is 23.1 Å². The number of allylic oxidation sites excluding steroid dienone is 1. The molecule has 0 spiro atoms. The summed E-state index contributed by atoms with van der Waals surface area (Å²) in [6, 6.07) is 13.7. The van der Waals surface area contributed by atoms with Gasteiger partial charge in [-0.15, -0.1) is 0 Å². The molecule has 6 heteroatoms. The highest BCUT2D eigenvalue weighted by atomic mass is 19.1. The first-order valence-corrected chi connectivity index (χ1v) is 12.2. The Morgan fingerprint density at radius 3 is 1.72 bits per heavy atom. The van der Waals surface area contributed by atoms with Crippen molar-refractivity contribution in [2.75, 3.05) is 37.9 Å². The van der Waals surface area contributed by atoms with Crippen molar-refractivity contribution in [3.05, 3.63) is 71.8 Å². The largest absolute Gasteiger partial charge is 0.496 e. The minimum atomic E-state index is -0.359. The van der Waals surface area contributed by atoms with E-state index in [1.165, 1.54) is 12.1 Å². The van der Waals surface area contributed by atoms with Crippen LogP contribution in [0.15, 0.2) is 60.2 Å². The summed E-state index contributed by atoms with van der Waals surface area (Å²) in [6.45, 7) is 9.52. The molecule has 2 N–H and O–H groups in total. The zero-order chi connectivity index (χ0) is 26.2. The number of hydrogen-bond donors (Lipinski definition) is 2. The van der Waals surface area contributed by atoms with E-state index in [9.17, 15) is 8.78 Å². The van der Waals surface area contributed by atoms with Crippen LogP contribution in [0, 0.1) is 17.6 Å². The number of halogens is 2. The second kappa shape index (κ2) is 12.4. The maximum absolute atomic E-state index is 14.9. The fraction of sp³-hybridized carbons (Fsp3) is 0.333. The van der Waals surface area contributed by atoms with E-state index in [1.807, 2.05) is 32.1 Å². The molecule has 0 fully saturated rings. The van der Waals surface area contributed by atoms with Gasteiger partial charge in [0, 0.05) is 24.2 Å². The Balaban J connectivity index is 1.93. The van der Waals surface area contributed by atoms with Crippen molar-refractivity contribution < 1.29 is 18.3 Å². The highest BCUT2D eigenvalue weighted by molar-refractivity contribution is 5.82. The Morgan fingerprint density at radius 2 is 1.31 bits per heavy atom. The molecule has 0 aliphatic heterocycles. The lowest BCUT2D eigenvalue weighted by atomic mass is 9.97. The second-order valence-electron chi connectivity index (χ2n) is 9.41. The lowest BCUT2D eigenvalue weighted by molar-refractivity contribution is 0.406. The molecule has 0 saturated carbocycles. The molecular formula is C30H36F2N2O2. The summed E-state index contributed by atoms with van der Waals surface area (Å²) in [5.41, 5.74) is 4.73. The van der Waals surface area contributed by atoms with Gasteiger partial charge in [0.15, 0.2) is 0 Å². The summed E-state index contributed by atoms with van der Waals surface area (Å²) in [5.74, 6) is 0.923. The highest BCUT2D eigenvalue weighted by Gasteiger charge is 2.17. The predicted octanol–water partition coefficient (Wildman–Crippen LogP) is 8.15. The van der Waals surface area contributed by atoms with E-state index in [1.54, 1.807) is 38.5 Å². The normalized spacial score (nSPS) is 10.8. The molecule has 192 valence electrons. The van der Waals surface area contributed by atoms with E-state index in [0.717, 1.165) is 12.0 Å². The van der Waals surface area contributed by atoms with Crippen molar-refractivity contribution in [3.63, 3.8) is 0 Å².